The molecule has 1 heterocycles. The number of hydrogen-bond donors (Lipinski definition) is 3. The number of pyridine rings is 1. The highest BCUT2D eigenvalue weighted by molar-refractivity contribution is 7.91. The van der Waals surface area contributed by atoms with Crippen LogP contribution in [-0.2, 0) is 14.6 Å². The van der Waals surface area contributed by atoms with Crippen molar-refractivity contribution in [3.63, 3.8) is 0 Å². The molecule has 3 rings (SSSR count). The first-order valence-corrected chi connectivity index (χ1v) is 11.0. The van der Waals surface area contributed by atoms with Crippen molar-refractivity contribution in [1.82, 2.24) is 4.98 Å². The summed E-state index contributed by atoms with van der Waals surface area (Å²) in [4.78, 5) is 13.0. The Hall–Kier alpha value is -2.59. The Morgan fingerprint density at radius 2 is 1.81 bits per heavy atom. The summed E-state index contributed by atoms with van der Waals surface area (Å²) in [5.74, 6) is -3.38. The zero-order valence-corrected chi connectivity index (χ0v) is 18.3. The number of nitrogens with one attached hydrogen (secondary N) is 1. The highest BCUT2D eigenvalue weighted by Crippen LogP contribution is 2.40. The van der Waals surface area contributed by atoms with E-state index in [1.54, 1.807) is 18.2 Å². The van der Waals surface area contributed by atoms with Crippen LogP contribution in [-0.4, -0.2) is 36.1 Å². The first-order chi connectivity index (χ1) is 14.5. The second-order valence-electron chi connectivity index (χ2n) is 6.15. The lowest BCUT2D eigenvalue weighted by atomic mass is 10.1. The summed E-state index contributed by atoms with van der Waals surface area (Å²) in [6, 6.07) is 9.74. The molecule has 0 aliphatic heterocycles. The van der Waals surface area contributed by atoms with Gasteiger partial charge >= 0.3 is 5.97 Å². The zero-order valence-electron chi connectivity index (χ0n) is 15.2. The van der Waals surface area contributed by atoms with E-state index < -0.39 is 49.1 Å². The van der Waals surface area contributed by atoms with Crippen LogP contribution >= 0.6 is 34.8 Å². The maximum Gasteiger partial charge on any atom is 0.322 e. The Morgan fingerprint density at radius 1 is 1.10 bits per heavy atom. The van der Waals surface area contributed by atoms with Gasteiger partial charge in [0.2, 0.25) is 15.8 Å². The third kappa shape index (κ3) is 4.69. The van der Waals surface area contributed by atoms with Gasteiger partial charge in [0, 0.05) is 10.6 Å². The molecule has 0 amide bonds. The molecule has 31 heavy (non-hydrogen) atoms. The number of rotatable bonds is 6. The van der Waals surface area contributed by atoms with Gasteiger partial charge in [-0.25, -0.2) is 8.42 Å². The number of phenols is 1. The second kappa shape index (κ2) is 8.88. The van der Waals surface area contributed by atoms with Crippen molar-refractivity contribution >= 4 is 56.4 Å². The van der Waals surface area contributed by atoms with Gasteiger partial charge in [0.1, 0.15) is 33.1 Å². The molecule has 0 spiro atoms. The molecule has 162 valence electrons. The summed E-state index contributed by atoms with van der Waals surface area (Å²) in [5, 5.41) is 20.1. The number of sulfone groups is 1. The number of halogens is 4. The first kappa shape index (κ1) is 23.1. The summed E-state index contributed by atoms with van der Waals surface area (Å²) < 4.78 is 40.8. The number of hydrogen-bond acceptors (Lipinski definition) is 6. The predicted molar refractivity (Wildman–Crippen MR) is 114 cm³/mol. The maximum atomic E-state index is 14.2. The monoisotopic (exact) mass is 504 g/mol. The maximum absolute atomic E-state index is 14.2. The van der Waals surface area contributed by atoms with E-state index in [1.165, 1.54) is 6.07 Å². The van der Waals surface area contributed by atoms with Crippen LogP contribution in [0.15, 0.2) is 52.3 Å². The Balaban J connectivity index is 2.18. The second-order valence-corrected chi connectivity index (χ2v) is 9.23. The molecule has 3 N–H and O–H groups in total. The molecule has 0 aliphatic rings. The highest BCUT2D eigenvalue weighted by atomic mass is 35.5. The standard InChI is InChI=1S/C19H12Cl3FN2O5S/c20-10-3-1-2-9(6-10)12-7-11(4-5-13(12)26)31(29,30)17-15(21)18(23)25-19(16(17)22)24-8-14(27)28/h1-7,26H,8H2,(H,24,25)(H,27,28). The molecule has 0 saturated heterocycles. The molecule has 0 radical (unpaired) electrons. The number of carboxylic acid groups (broad SMARTS) is 1. The molecule has 1 aromatic heterocycles. The molecule has 3 aromatic rings. The smallest absolute Gasteiger partial charge is 0.322 e. The third-order valence-corrected chi connectivity index (χ3v) is 7.08. The Morgan fingerprint density at radius 3 is 2.45 bits per heavy atom. The van der Waals surface area contributed by atoms with Crippen LogP contribution in [0.5, 0.6) is 5.75 Å². The van der Waals surface area contributed by atoms with Crippen molar-refractivity contribution in [1.29, 1.82) is 0 Å². The van der Waals surface area contributed by atoms with Crippen molar-refractivity contribution in [2.45, 2.75) is 9.79 Å². The average Bonchev–Trinajstić information content (AvgIpc) is 2.69. The fraction of sp³-hybridized carbons (Fsp3) is 0.0526. The van der Waals surface area contributed by atoms with Gasteiger partial charge in [-0.3, -0.25) is 4.79 Å². The van der Waals surface area contributed by atoms with E-state index in [9.17, 15) is 22.7 Å². The van der Waals surface area contributed by atoms with Crippen LogP contribution in [0.1, 0.15) is 0 Å². The lowest BCUT2D eigenvalue weighted by Gasteiger charge is -2.14. The third-order valence-electron chi connectivity index (χ3n) is 4.09. The highest BCUT2D eigenvalue weighted by Gasteiger charge is 2.30. The van der Waals surface area contributed by atoms with Crippen LogP contribution in [0.25, 0.3) is 11.1 Å². The number of anilines is 1. The minimum atomic E-state index is -4.52. The molecule has 0 fully saturated rings. The van der Waals surface area contributed by atoms with Gasteiger partial charge in [-0.1, -0.05) is 46.9 Å². The van der Waals surface area contributed by atoms with Crippen molar-refractivity contribution in [2.75, 3.05) is 11.9 Å². The number of phenolic OH excluding ortho intramolecular Hbond substituents is 1. The molecule has 0 saturated carbocycles. The van der Waals surface area contributed by atoms with E-state index >= 15 is 0 Å². The van der Waals surface area contributed by atoms with Crippen LogP contribution in [0.2, 0.25) is 15.1 Å². The fourth-order valence-corrected chi connectivity index (χ4v) is 5.29. The van der Waals surface area contributed by atoms with Crippen molar-refractivity contribution in [3.05, 3.63) is 63.5 Å². The minimum Gasteiger partial charge on any atom is -0.507 e. The Labute approximate surface area is 190 Å². The SMILES string of the molecule is O=C(O)CNc1nc(F)c(Cl)c(S(=O)(=O)c2ccc(O)c(-c3cccc(Cl)c3)c2)c1Cl. The van der Waals surface area contributed by atoms with Crippen LogP contribution in [0.4, 0.5) is 10.2 Å². The van der Waals surface area contributed by atoms with Crippen molar-refractivity contribution in [2.24, 2.45) is 0 Å². The van der Waals surface area contributed by atoms with E-state index in [1.807, 2.05) is 0 Å². The minimum absolute atomic E-state index is 0.148. The lowest BCUT2D eigenvalue weighted by molar-refractivity contribution is -0.134. The van der Waals surface area contributed by atoms with E-state index in [-0.39, 0.29) is 16.2 Å². The largest absolute Gasteiger partial charge is 0.507 e. The Kier molecular flexibility index (Phi) is 6.61. The summed E-state index contributed by atoms with van der Waals surface area (Å²) in [6.45, 7) is -0.689. The average molecular weight is 506 g/mol. The number of benzene rings is 2. The normalized spacial score (nSPS) is 11.4. The molecule has 7 nitrogen and oxygen atoms in total. The zero-order chi connectivity index (χ0) is 22.9. The van der Waals surface area contributed by atoms with Crippen LogP contribution in [0.3, 0.4) is 0 Å². The summed E-state index contributed by atoms with van der Waals surface area (Å²) in [5.41, 5.74) is 0.582. The lowest BCUT2D eigenvalue weighted by Crippen LogP contribution is -2.16. The molecule has 2 aromatic carbocycles. The molecule has 12 heteroatoms. The number of nitrogens with zero attached hydrogens (tertiary/aromatic N) is 1. The topological polar surface area (TPSA) is 117 Å². The van der Waals surface area contributed by atoms with Gasteiger partial charge < -0.3 is 15.5 Å². The predicted octanol–water partition coefficient (Wildman–Crippen LogP) is 4.88. The van der Waals surface area contributed by atoms with Gasteiger partial charge in [-0.15, -0.1) is 0 Å². The van der Waals surface area contributed by atoms with E-state index in [4.69, 9.17) is 39.9 Å². The summed E-state index contributed by atoms with van der Waals surface area (Å²) in [7, 11) is -4.52. The van der Waals surface area contributed by atoms with Gasteiger partial charge in [-0.2, -0.15) is 9.37 Å². The molecule has 0 aliphatic carbocycles. The summed E-state index contributed by atoms with van der Waals surface area (Å²) >= 11 is 17.9. The van der Waals surface area contributed by atoms with Crippen molar-refractivity contribution < 1.29 is 27.8 Å². The van der Waals surface area contributed by atoms with Crippen LogP contribution in [0, 0.1) is 5.95 Å². The molecule has 0 atom stereocenters. The van der Waals surface area contributed by atoms with E-state index in [0.717, 1.165) is 18.2 Å². The first-order valence-electron chi connectivity index (χ1n) is 8.36. The van der Waals surface area contributed by atoms with Crippen LogP contribution < -0.4 is 5.32 Å². The van der Waals surface area contributed by atoms with E-state index in [2.05, 4.69) is 10.3 Å². The van der Waals surface area contributed by atoms with Gasteiger partial charge in [0.05, 0.1) is 4.90 Å². The summed E-state index contributed by atoms with van der Waals surface area (Å²) in [6.07, 6.45) is 0. The molecular weight excluding hydrogens is 494 g/mol. The molecule has 0 bridgehead atoms. The number of carboxylic acids is 1. The quantitative estimate of drug-likeness (QED) is 0.409. The number of carbonyl (C=O) groups is 1. The van der Waals surface area contributed by atoms with Gasteiger partial charge in [-0.05, 0) is 35.9 Å². The number of aromatic nitrogens is 1. The van der Waals surface area contributed by atoms with Crippen molar-refractivity contribution in [3.8, 4) is 16.9 Å². The Bertz CT molecular complexity index is 1300. The number of aliphatic carboxylic acids is 1. The molecule has 0 unspecified atom stereocenters. The van der Waals surface area contributed by atoms with Gasteiger partial charge in [0.15, 0.2) is 0 Å². The molecular formula is C19H12Cl3FN2O5S. The number of aromatic hydroxyl groups is 1. The van der Waals surface area contributed by atoms with Gasteiger partial charge in [0.25, 0.3) is 0 Å². The fourth-order valence-electron chi connectivity index (χ4n) is 2.69. The van der Waals surface area contributed by atoms with E-state index in [0.29, 0.717) is 10.6 Å².